The zero-order valence-corrected chi connectivity index (χ0v) is 11.9. The Labute approximate surface area is 114 Å². The van der Waals surface area contributed by atoms with Crippen molar-refractivity contribution in [2.45, 2.75) is 0 Å². The van der Waals surface area contributed by atoms with E-state index in [1.54, 1.807) is 18.6 Å². The summed E-state index contributed by atoms with van der Waals surface area (Å²) < 4.78 is 21.6. The maximum absolute atomic E-state index is 11.8. The van der Waals surface area contributed by atoms with E-state index in [-0.39, 0.29) is 0 Å². The van der Waals surface area contributed by atoms with Gasteiger partial charge in [0.05, 0.1) is 44.1 Å². The van der Waals surface area contributed by atoms with E-state index in [4.69, 9.17) is 18.9 Å². The zero-order valence-electron chi connectivity index (χ0n) is 11.1. The smallest absolute Gasteiger partial charge is 0.339 e. The van der Waals surface area contributed by atoms with Crippen LogP contribution in [-0.2, 0) is 4.74 Å². The summed E-state index contributed by atoms with van der Waals surface area (Å²) in [7, 11) is 5.98. The Balaban J connectivity index is 2.85. The lowest BCUT2D eigenvalue weighted by atomic mass is 10.1. The third kappa shape index (κ3) is 2.08. The van der Waals surface area contributed by atoms with E-state index in [9.17, 15) is 4.79 Å². The summed E-state index contributed by atoms with van der Waals surface area (Å²) in [5.74, 6) is 1.23. The molecule has 0 aliphatic carbocycles. The van der Waals surface area contributed by atoms with Crippen molar-refractivity contribution in [3.05, 3.63) is 17.0 Å². The zero-order chi connectivity index (χ0) is 14.0. The number of carbonyl (C=O) groups excluding carboxylic acids is 1. The Kier molecular flexibility index (Phi) is 3.80. The molecule has 1 heterocycles. The van der Waals surface area contributed by atoms with Crippen molar-refractivity contribution in [2.75, 3.05) is 28.4 Å². The number of hydrogen-bond donors (Lipinski definition) is 0. The summed E-state index contributed by atoms with van der Waals surface area (Å²) in [5.41, 5.74) is 0.441. The first-order chi connectivity index (χ1) is 9.17. The summed E-state index contributed by atoms with van der Waals surface area (Å²) in [5, 5.41) is 2.37. The number of ether oxygens (including phenoxy) is 4. The molecule has 5 nitrogen and oxygen atoms in total. The summed E-state index contributed by atoms with van der Waals surface area (Å²) in [6.45, 7) is 0. The van der Waals surface area contributed by atoms with Crippen LogP contribution in [0.1, 0.15) is 10.4 Å². The first-order valence-electron chi connectivity index (χ1n) is 5.46. The minimum Gasteiger partial charge on any atom is -0.495 e. The van der Waals surface area contributed by atoms with Gasteiger partial charge >= 0.3 is 5.97 Å². The number of thiophene rings is 1. The van der Waals surface area contributed by atoms with Crippen LogP contribution in [0.25, 0.3) is 10.1 Å². The SMILES string of the molecule is COC(=O)c1csc2c(OC)cc(OC)c(OC)c12. The molecule has 0 radical (unpaired) electrons. The lowest BCUT2D eigenvalue weighted by Gasteiger charge is -2.12. The van der Waals surface area contributed by atoms with Crippen LogP contribution in [0, 0.1) is 0 Å². The van der Waals surface area contributed by atoms with Crippen LogP contribution in [0.15, 0.2) is 11.4 Å². The number of carbonyl (C=O) groups is 1. The van der Waals surface area contributed by atoms with Gasteiger partial charge in [-0.15, -0.1) is 11.3 Å². The lowest BCUT2D eigenvalue weighted by Crippen LogP contribution is -2.01. The Hall–Kier alpha value is -1.95. The van der Waals surface area contributed by atoms with Gasteiger partial charge in [0.2, 0.25) is 0 Å². The number of benzene rings is 1. The number of esters is 1. The normalized spacial score (nSPS) is 10.3. The Morgan fingerprint density at radius 2 is 1.74 bits per heavy atom. The summed E-state index contributed by atoms with van der Waals surface area (Å²) >= 11 is 1.40. The molecule has 0 spiro atoms. The van der Waals surface area contributed by atoms with E-state index in [2.05, 4.69) is 0 Å². The first kappa shape index (κ1) is 13.5. The summed E-state index contributed by atoms with van der Waals surface area (Å²) in [6.07, 6.45) is 0. The Bertz CT molecular complexity index is 617. The van der Waals surface area contributed by atoms with Crippen molar-refractivity contribution in [1.29, 1.82) is 0 Å². The van der Waals surface area contributed by atoms with Crippen molar-refractivity contribution in [1.82, 2.24) is 0 Å². The molecule has 0 saturated heterocycles. The molecular formula is C13H14O5S. The highest BCUT2D eigenvalue weighted by Gasteiger charge is 2.22. The van der Waals surface area contributed by atoms with Gasteiger partial charge in [0.15, 0.2) is 11.5 Å². The van der Waals surface area contributed by atoms with Gasteiger partial charge in [0, 0.05) is 11.4 Å². The molecule has 2 rings (SSSR count). The molecule has 19 heavy (non-hydrogen) atoms. The van der Waals surface area contributed by atoms with Crippen LogP contribution in [0.2, 0.25) is 0 Å². The molecule has 0 amide bonds. The second-order valence-electron chi connectivity index (χ2n) is 3.66. The minimum absolute atomic E-state index is 0.417. The highest BCUT2D eigenvalue weighted by Crippen LogP contribution is 2.46. The lowest BCUT2D eigenvalue weighted by molar-refractivity contribution is 0.0603. The molecule has 6 heteroatoms. The van der Waals surface area contributed by atoms with Crippen LogP contribution < -0.4 is 14.2 Å². The average Bonchev–Trinajstić information content (AvgIpc) is 2.89. The predicted molar refractivity (Wildman–Crippen MR) is 72.8 cm³/mol. The summed E-state index contributed by atoms with van der Waals surface area (Å²) in [6, 6.07) is 1.73. The molecule has 0 unspecified atom stereocenters. The molecule has 0 aliphatic heterocycles. The molecule has 1 aromatic heterocycles. The minimum atomic E-state index is -0.417. The van der Waals surface area contributed by atoms with Crippen molar-refractivity contribution >= 4 is 27.4 Å². The maximum atomic E-state index is 11.8. The fourth-order valence-electron chi connectivity index (χ4n) is 1.90. The predicted octanol–water partition coefficient (Wildman–Crippen LogP) is 2.71. The first-order valence-corrected chi connectivity index (χ1v) is 6.34. The molecule has 2 aromatic rings. The average molecular weight is 282 g/mol. The van der Waals surface area contributed by atoms with Gasteiger partial charge in [-0.3, -0.25) is 0 Å². The van der Waals surface area contributed by atoms with Crippen LogP contribution >= 0.6 is 11.3 Å². The quantitative estimate of drug-likeness (QED) is 0.807. The van der Waals surface area contributed by atoms with Gasteiger partial charge in [0.1, 0.15) is 5.75 Å². The van der Waals surface area contributed by atoms with Crippen molar-refractivity contribution in [3.63, 3.8) is 0 Å². The number of methoxy groups -OCH3 is 4. The van der Waals surface area contributed by atoms with Crippen LogP contribution in [0.5, 0.6) is 17.2 Å². The van der Waals surface area contributed by atoms with E-state index >= 15 is 0 Å². The van der Waals surface area contributed by atoms with Crippen LogP contribution in [-0.4, -0.2) is 34.4 Å². The van der Waals surface area contributed by atoms with E-state index in [1.165, 1.54) is 32.7 Å². The molecule has 1 aromatic carbocycles. The van der Waals surface area contributed by atoms with Crippen molar-refractivity contribution < 1.29 is 23.7 Å². The number of fused-ring (bicyclic) bond motifs is 1. The van der Waals surface area contributed by atoms with E-state index < -0.39 is 5.97 Å². The number of rotatable bonds is 4. The van der Waals surface area contributed by atoms with E-state index in [0.29, 0.717) is 28.2 Å². The van der Waals surface area contributed by atoms with Gasteiger partial charge in [-0.2, -0.15) is 0 Å². The van der Waals surface area contributed by atoms with Gasteiger partial charge in [-0.25, -0.2) is 4.79 Å². The van der Waals surface area contributed by atoms with Gasteiger partial charge < -0.3 is 18.9 Å². The molecule has 0 aliphatic rings. The van der Waals surface area contributed by atoms with Gasteiger partial charge in [-0.05, 0) is 0 Å². The highest BCUT2D eigenvalue weighted by molar-refractivity contribution is 7.18. The third-order valence-electron chi connectivity index (χ3n) is 2.78. The molecule has 0 N–H and O–H groups in total. The fraction of sp³-hybridized carbons (Fsp3) is 0.308. The molecule has 0 saturated carbocycles. The molecule has 0 fully saturated rings. The van der Waals surface area contributed by atoms with Crippen molar-refractivity contribution in [2.24, 2.45) is 0 Å². The number of hydrogen-bond acceptors (Lipinski definition) is 6. The highest BCUT2D eigenvalue weighted by atomic mass is 32.1. The molecule has 102 valence electrons. The Morgan fingerprint density at radius 3 is 2.26 bits per heavy atom. The molecule has 0 atom stereocenters. The standard InChI is InChI=1S/C13H14O5S/c1-15-8-5-9(16-2)12-10(11(8)17-3)7(6-19-12)13(14)18-4/h5-6H,1-4H3. The van der Waals surface area contributed by atoms with Gasteiger partial charge in [-0.1, -0.05) is 0 Å². The Morgan fingerprint density at radius 1 is 1.05 bits per heavy atom. The topological polar surface area (TPSA) is 54.0 Å². The third-order valence-corrected chi connectivity index (χ3v) is 3.77. The van der Waals surface area contributed by atoms with Gasteiger partial charge in [0.25, 0.3) is 0 Å². The van der Waals surface area contributed by atoms with Crippen LogP contribution in [0.4, 0.5) is 0 Å². The van der Waals surface area contributed by atoms with E-state index in [0.717, 1.165) is 4.70 Å². The van der Waals surface area contributed by atoms with Crippen LogP contribution in [0.3, 0.4) is 0 Å². The fourth-order valence-corrected chi connectivity index (χ4v) is 2.93. The monoisotopic (exact) mass is 282 g/mol. The second-order valence-corrected chi connectivity index (χ2v) is 4.54. The second kappa shape index (κ2) is 5.36. The van der Waals surface area contributed by atoms with Crippen molar-refractivity contribution in [3.8, 4) is 17.2 Å². The largest absolute Gasteiger partial charge is 0.495 e. The maximum Gasteiger partial charge on any atom is 0.339 e. The van der Waals surface area contributed by atoms with E-state index in [1.807, 2.05) is 0 Å². The summed E-state index contributed by atoms with van der Waals surface area (Å²) in [4.78, 5) is 11.8. The molecular weight excluding hydrogens is 268 g/mol. The molecule has 0 bridgehead atoms.